The molecule has 0 saturated carbocycles. The van der Waals surface area contributed by atoms with E-state index in [2.05, 4.69) is 33.4 Å². The standard InChI is InChI=1S/C28H28N4O3/c1-34-27-14-13-22(17-29-27)32(18-21-15-30-31-16-21)28(33)25-11-5-10-24-23(25)9-6-12-26(24)35-19-20-7-3-2-4-8-20/h2-4,6-9,12-17,25H,5,10-11,18-19H2,1H3,(H,30,31). The van der Waals surface area contributed by atoms with Crippen LogP contribution in [0.5, 0.6) is 11.6 Å². The summed E-state index contributed by atoms with van der Waals surface area (Å²) < 4.78 is 11.4. The van der Waals surface area contributed by atoms with Gasteiger partial charge in [-0.05, 0) is 48.1 Å². The summed E-state index contributed by atoms with van der Waals surface area (Å²) in [6, 6.07) is 19.8. The molecule has 2 aromatic carbocycles. The molecule has 1 atom stereocenters. The molecule has 1 unspecified atom stereocenters. The average molecular weight is 469 g/mol. The summed E-state index contributed by atoms with van der Waals surface area (Å²) in [6.07, 6.45) is 7.84. The minimum atomic E-state index is -0.256. The number of hydrogen-bond donors (Lipinski definition) is 1. The van der Waals surface area contributed by atoms with Gasteiger partial charge in [-0.15, -0.1) is 0 Å². The van der Waals surface area contributed by atoms with E-state index in [1.165, 1.54) is 0 Å². The van der Waals surface area contributed by atoms with E-state index in [0.717, 1.165) is 53.0 Å². The first-order valence-electron chi connectivity index (χ1n) is 11.8. The molecule has 1 aliphatic carbocycles. The minimum absolute atomic E-state index is 0.0410. The van der Waals surface area contributed by atoms with Crippen LogP contribution in [0.4, 0.5) is 5.69 Å². The van der Waals surface area contributed by atoms with Crippen molar-refractivity contribution in [2.75, 3.05) is 12.0 Å². The fraction of sp³-hybridized carbons (Fsp3) is 0.250. The van der Waals surface area contributed by atoms with Crippen molar-refractivity contribution in [2.45, 2.75) is 38.3 Å². The van der Waals surface area contributed by atoms with E-state index >= 15 is 0 Å². The summed E-state index contributed by atoms with van der Waals surface area (Å²) >= 11 is 0. The molecule has 0 radical (unpaired) electrons. The Morgan fingerprint density at radius 1 is 1.06 bits per heavy atom. The smallest absolute Gasteiger partial charge is 0.234 e. The Bertz CT molecular complexity index is 1260. The molecule has 1 aliphatic rings. The molecular weight excluding hydrogens is 440 g/mol. The van der Waals surface area contributed by atoms with Crippen LogP contribution in [0, 0.1) is 0 Å². The van der Waals surface area contributed by atoms with Crippen LogP contribution in [0.25, 0.3) is 0 Å². The van der Waals surface area contributed by atoms with E-state index in [0.29, 0.717) is 19.0 Å². The number of benzene rings is 2. The van der Waals surface area contributed by atoms with Gasteiger partial charge in [0.25, 0.3) is 0 Å². The number of hydrogen-bond acceptors (Lipinski definition) is 5. The zero-order chi connectivity index (χ0) is 24.0. The summed E-state index contributed by atoms with van der Waals surface area (Å²) in [6.45, 7) is 0.902. The van der Waals surface area contributed by atoms with Crippen molar-refractivity contribution in [1.82, 2.24) is 15.2 Å². The minimum Gasteiger partial charge on any atom is -0.489 e. The fourth-order valence-electron chi connectivity index (χ4n) is 4.63. The molecule has 35 heavy (non-hydrogen) atoms. The molecule has 4 aromatic rings. The highest BCUT2D eigenvalue weighted by atomic mass is 16.5. The van der Waals surface area contributed by atoms with Crippen LogP contribution in [0.2, 0.25) is 0 Å². The van der Waals surface area contributed by atoms with Gasteiger partial charge in [0.2, 0.25) is 11.8 Å². The second kappa shape index (κ2) is 10.4. The van der Waals surface area contributed by atoms with E-state index in [1.54, 1.807) is 30.5 Å². The Kier molecular flexibility index (Phi) is 6.75. The number of pyridine rings is 1. The number of fused-ring (bicyclic) bond motifs is 1. The third-order valence-electron chi connectivity index (χ3n) is 6.40. The number of aromatic nitrogens is 3. The van der Waals surface area contributed by atoms with Gasteiger partial charge in [0.15, 0.2) is 0 Å². The highest BCUT2D eigenvalue weighted by Gasteiger charge is 2.32. The van der Waals surface area contributed by atoms with Crippen LogP contribution in [-0.4, -0.2) is 28.2 Å². The lowest BCUT2D eigenvalue weighted by molar-refractivity contribution is -0.120. The summed E-state index contributed by atoms with van der Waals surface area (Å²) in [5.74, 6) is 1.15. The van der Waals surface area contributed by atoms with Crippen molar-refractivity contribution in [3.05, 3.63) is 102 Å². The number of H-pyrrole nitrogens is 1. The van der Waals surface area contributed by atoms with Crippen molar-refractivity contribution >= 4 is 11.6 Å². The van der Waals surface area contributed by atoms with Gasteiger partial charge >= 0.3 is 0 Å². The van der Waals surface area contributed by atoms with E-state index < -0.39 is 0 Å². The highest BCUT2D eigenvalue weighted by Crippen LogP contribution is 2.39. The number of methoxy groups -OCH3 is 1. The van der Waals surface area contributed by atoms with Crippen LogP contribution in [0.3, 0.4) is 0 Å². The molecular formula is C28H28N4O3. The Morgan fingerprint density at radius 2 is 1.94 bits per heavy atom. The van der Waals surface area contributed by atoms with Crippen molar-refractivity contribution in [3.8, 4) is 11.6 Å². The van der Waals surface area contributed by atoms with Crippen molar-refractivity contribution in [2.24, 2.45) is 0 Å². The third kappa shape index (κ3) is 5.04. The molecule has 7 heteroatoms. The van der Waals surface area contributed by atoms with Gasteiger partial charge in [-0.3, -0.25) is 9.89 Å². The van der Waals surface area contributed by atoms with Gasteiger partial charge in [-0.1, -0.05) is 42.5 Å². The topological polar surface area (TPSA) is 80.3 Å². The highest BCUT2D eigenvalue weighted by molar-refractivity contribution is 5.98. The van der Waals surface area contributed by atoms with Crippen LogP contribution < -0.4 is 14.4 Å². The third-order valence-corrected chi connectivity index (χ3v) is 6.40. The number of carbonyl (C=O) groups excluding carboxylic acids is 1. The van der Waals surface area contributed by atoms with E-state index in [-0.39, 0.29) is 11.8 Å². The Balaban J connectivity index is 1.43. The first-order chi connectivity index (χ1) is 17.2. The Hall–Kier alpha value is -4.13. The monoisotopic (exact) mass is 468 g/mol. The SMILES string of the molecule is COc1ccc(N(Cc2cn[nH]c2)C(=O)C2CCCc3c(OCc4ccccc4)cccc32)cn1. The van der Waals surface area contributed by atoms with Gasteiger partial charge < -0.3 is 14.4 Å². The average Bonchev–Trinajstić information content (AvgIpc) is 3.44. The maximum atomic E-state index is 14.0. The van der Waals surface area contributed by atoms with Crippen molar-refractivity contribution in [1.29, 1.82) is 0 Å². The van der Waals surface area contributed by atoms with Gasteiger partial charge in [-0.2, -0.15) is 5.10 Å². The predicted octanol–water partition coefficient (Wildman–Crippen LogP) is 5.05. The lowest BCUT2D eigenvalue weighted by Crippen LogP contribution is -2.36. The molecule has 5 rings (SSSR count). The second-order valence-corrected chi connectivity index (χ2v) is 8.63. The Morgan fingerprint density at radius 3 is 2.69 bits per heavy atom. The molecule has 2 heterocycles. The van der Waals surface area contributed by atoms with Crippen LogP contribution >= 0.6 is 0 Å². The largest absolute Gasteiger partial charge is 0.489 e. The summed E-state index contributed by atoms with van der Waals surface area (Å²) in [7, 11) is 1.58. The Labute approximate surface area is 204 Å². The molecule has 0 fully saturated rings. The number of amides is 1. The quantitative estimate of drug-likeness (QED) is 0.392. The van der Waals surface area contributed by atoms with Crippen molar-refractivity contribution in [3.63, 3.8) is 0 Å². The number of nitrogens with zero attached hydrogens (tertiary/aromatic N) is 3. The van der Waals surface area contributed by atoms with Gasteiger partial charge in [0.05, 0.1) is 37.7 Å². The van der Waals surface area contributed by atoms with Gasteiger partial charge in [0.1, 0.15) is 12.4 Å². The number of ether oxygens (including phenoxy) is 2. The van der Waals surface area contributed by atoms with Gasteiger partial charge in [-0.25, -0.2) is 4.98 Å². The zero-order valence-corrected chi connectivity index (χ0v) is 19.7. The number of nitrogens with one attached hydrogen (secondary N) is 1. The van der Waals surface area contributed by atoms with Gasteiger partial charge in [0, 0.05) is 17.8 Å². The molecule has 178 valence electrons. The van der Waals surface area contributed by atoms with E-state index in [9.17, 15) is 4.79 Å². The molecule has 0 aliphatic heterocycles. The maximum absolute atomic E-state index is 14.0. The first-order valence-corrected chi connectivity index (χ1v) is 11.8. The van der Waals surface area contributed by atoms with Crippen LogP contribution in [0.1, 0.15) is 41.0 Å². The predicted molar refractivity (Wildman–Crippen MR) is 133 cm³/mol. The summed E-state index contributed by atoms with van der Waals surface area (Å²) in [5.41, 5.74) is 4.94. The van der Waals surface area contributed by atoms with E-state index in [4.69, 9.17) is 9.47 Å². The molecule has 0 bridgehead atoms. The van der Waals surface area contributed by atoms with Crippen LogP contribution in [0.15, 0.2) is 79.3 Å². The molecule has 2 aromatic heterocycles. The molecule has 7 nitrogen and oxygen atoms in total. The normalized spacial score (nSPS) is 14.7. The summed E-state index contributed by atoms with van der Waals surface area (Å²) in [5, 5.41) is 6.88. The lowest BCUT2D eigenvalue weighted by Gasteiger charge is -2.31. The lowest BCUT2D eigenvalue weighted by atomic mass is 9.81. The number of anilines is 1. The first kappa shape index (κ1) is 22.7. The van der Waals surface area contributed by atoms with Crippen LogP contribution in [-0.2, 0) is 24.4 Å². The van der Waals surface area contributed by atoms with E-state index in [1.807, 2.05) is 42.6 Å². The second-order valence-electron chi connectivity index (χ2n) is 8.63. The summed E-state index contributed by atoms with van der Waals surface area (Å²) in [4.78, 5) is 20.1. The molecule has 1 N–H and O–H groups in total. The molecule has 1 amide bonds. The zero-order valence-electron chi connectivity index (χ0n) is 19.7. The number of rotatable bonds is 8. The fourth-order valence-corrected chi connectivity index (χ4v) is 4.63. The maximum Gasteiger partial charge on any atom is 0.234 e. The molecule has 0 spiro atoms. The molecule has 0 saturated heterocycles. The number of carbonyl (C=O) groups is 1. The number of aromatic amines is 1. The van der Waals surface area contributed by atoms with Crippen molar-refractivity contribution < 1.29 is 14.3 Å².